The van der Waals surface area contributed by atoms with Crippen LogP contribution in [0, 0.1) is 0 Å². The third-order valence-corrected chi connectivity index (χ3v) is 3.88. The smallest absolute Gasteiger partial charge is 0.293 e. The Hall–Kier alpha value is -1.51. The molecule has 1 aromatic heterocycles. The molecule has 15 heavy (non-hydrogen) atoms. The van der Waals surface area contributed by atoms with E-state index in [4.69, 9.17) is 0 Å². The molecule has 1 aliphatic rings. The van der Waals surface area contributed by atoms with E-state index in [0.717, 1.165) is 0 Å². The zero-order chi connectivity index (χ0) is 10.9. The van der Waals surface area contributed by atoms with Crippen LogP contribution in [0.4, 0.5) is 0 Å². The number of carbonyl (C=O) groups is 1. The highest BCUT2D eigenvalue weighted by molar-refractivity contribution is 7.91. The van der Waals surface area contributed by atoms with Crippen molar-refractivity contribution in [3.63, 3.8) is 0 Å². The van der Waals surface area contributed by atoms with Gasteiger partial charge in [-0.15, -0.1) is 10.2 Å². The quantitative estimate of drug-likeness (QED) is 0.614. The topological polar surface area (TPSA) is 118 Å². The van der Waals surface area contributed by atoms with E-state index in [2.05, 4.69) is 25.9 Å². The van der Waals surface area contributed by atoms with Gasteiger partial charge in [-0.05, 0) is 11.6 Å². The highest BCUT2D eigenvalue weighted by Gasteiger charge is 2.29. The highest BCUT2D eigenvalue weighted by Crippen LogP contribution is 2.11. The fourth-order valence-electron chi connectivity index (χ4n) is 1.42. The summed E-state index contributed by atoms with van der Waals surface area (Å²) < 4.78 is 22.2. The van der Waals surface area contributed by atoms with E-state index in [0.29, 0.717) is 6.42 Å². The Labute approximate surface area is 85.4 Å². The number of nitrogens with zero attached hydrogens (tertiary/aromatic N) is 3. The number of rotatable bonds is 2. The molecule has 0 bridgehead atoms. The summed E-state index contributed by atoms with van der Waals surface area (Å²) in [5, 5.41) is 14.9. The lowest BCUT2D eigenvalue weighted by Crippen LogP contribution is -2.36. The van der Waals surface area contributed by atoms with Crippen LogP contribution in [0.1, 0.15) is 17.0 Å². The number of H-pyrrole nitrogens is 1. The molecule has 8 nitrogen and oxygen atoms in total. The molecule has 82 valence electrons. The molecule has 1 fully saturated rings. The van der Waals surface area contributed by atoms with Crippen LogP contribution in [0.5, 0.6) is 0 Å². The van der Waals surface area contributed by atoms with E-state index < -0.39 is 15.7 Å². The van der Waals surface area contributed by atoms with E-state index in [-0.39, 0.29) is 23.4 Å². The van der Waals surface area contributed by atoms with E-state index in [9.17, 15) is 13.2 Å². The molecule has 1 unspecified atom stereocenters. The van der Waals surface area contributed by atoms with Crippen molar-refractivity contribution in [2.45, 2.75) is 12.5 Å². The Balaban J connectivity index is 1.97. The number of hydrogen-bond acceptors (Lipinski definition) is 6. The lowest BCUT2D eigenvalue weighted by molar-refractivity contribution is 0.0930. The highest BCUT2D eigenvalue weighted by atomic mass is 32.2. The third-order valence-electron chi connectivity index (χ3n) is 2.12. The zero-order valence-corrected chi connectivity index (χ0v) is 8.49. The van der Waals surface area contributed by atoms with Crippen LogP contribution in [0.25, 0.3) is 0 Å². The minimum Gasteiger partial charge on any atom is -0.345 e. The summed E-state index contributed by atoms with van der Waals surface area (Å²) in [6, 6.07) is -0.346. The van der Waals surface area contributed by atoms with Crippen LogP contribution in [0.3, 0.4) is 0 Å². The lowest BCUT2D eigenvalue weighted by atomic mass is 10.2. The maximum atomic E-state index is 11.4. The van der Waals surface area contributed by atoms with Crippen LogP contribution >= 0.6 is 0 Å². The van der Waals surface area contributed by atoms with Crippen LogP contribution in [-0.2, 0) is 9.84 Å². The van der Waals surface area contributed by atoms with Gasteiger partial charge in [0.2, 0.25) is 0 Å². The third kappa shape index (κ3) is 2.29. The van der Waals surface area contributed by atoms with Crippen molar-refractivity contribution < 1.29 is 13.2 Å². The molecule has 1 amide bonds. The second kappa shape index (κ2) is 3.57. The SMILES string of the molecule is O=C(NC1CCS(=O)(=O)C1)c1nn[nH]n1. The van der Waals surface area contributed by atoms with Gasteiger partial charge in [0.1, 0.15) is 0 Å². The molecule has 0 aliphatic carbocycles. The Morgan fingerprint density at radius 2 is 2.33 bits per heavy atom. The minimum atomic E-state index is -2.99. The number of carbonyl (C=O) groups excluding carboxylic acids is 1. The molecule has 0 saturated carbocycles. The predicted octanol–water partition coefficient (Wildman–Crippen LogP) is -1.88. The first kappa shape index (κ1) is 10.0. The number of aromatic nitrogens is 4. The molecule has 1 aliphatic heterocycles. The standard InChI is InChI=1S/C6H9N5O3S/c12-6(5-8-10-11-9-5)7-4-1-2-15(13,14)3-4/h4H,1-3H2,(H,7,12)(H,8,9,10,11). The molecule has 1 atom stereocenters. The second-order valence-corrected chi connectivity index (χ2v) is 5.54. The second-order valence-electron chi connectivity index (χ2n) is 3.31. The average molecular weight is 231 g/mol. The fraction of sp³-hybridized carbons (Fsp3) is 0.667. The van der Waals surface area contributed by atoms with Crippen molar-refractivity contribution in [1.82, 2.24) is 25.9 Å². The molecule has 1 aromatic rings. The minimum absolute atomic E-state index is 0.0173. The predicted molar refractivity (Wildman–Crippen MR) is 48.7 cm³/mol. The summed E-state index contributed by atoms with van der Waals surface area (Å²) in [6.07, 6.45) is 0.436. The van der Waals surface area contributed by atoms with Gasteiger partial charge >= 0.3 is 0 Å². The number of tetrazole rings is 1. The zero-order valence-electron chi connectivity index (χ0n) is 7.67. The van der Waals surface area contributed by atoms with Crippen LogP contribution in [-0.4, -0.2) is 52.5 Å². The summed E-state index contributed by atoms with van der Waals surface area (Å²) in [4.78, 5) is 11.4. The first-order valence-electron chi connectivity index (χ1n) is 4.31. The van der Waals surface area contributed by atoms with Gasteiger partial charge in [-0.1, -0.05) is 0 Å². The van der Waals surface area contributed by atoms with Gasteiger partial charge in [0, 0.05) is 6.04 Å². The summed E-state index contributed by atoms with van der Waals surface area (Å²) in [6.45, 7) is 0. The Bertz CT molecular complexity index is 453. The average Bonchev–Trinajstić information content (AvgIpc) is 2.74. The van der Waals surface area contributed by atoms with Crippen molar-refractivity contribution >= 4 is 15.7 Å². The van der Waals surface area contributed by atoms with E-state index in [1.54, 1.807) is 0 Å². The van der Waals surface area contributed by atoms with Crippen molar-refractivity contribution in [3.05, 3.63) is 5.82 Å². The largest absolute Gasteiger partial charge is 0.345 e. The van der Waals surface area contributed by atoms with E-state index in [1.165, 1.54) is 0 Å². The number of amides is 1. The maximum absolute atomic E-state index is 11.4. The monoisotopic (exact) mass is 231 g/mol. The van der Waals surface area contributed by atoms with Gasteiger partial charge < -0.3 is 5.32 Å². The molecule has 2 heterocycles. The Morgan fingerprint density at radius 1 is 1.53 bits per heavy atom. The maximum Gasteiger partial charge on any atom is 0.293 e. The normalized spacial score (nSPS) is 23.9. The number of sulfone groups is 1. The van der Waals surface area contributed by atoms with Crippen LogP contribution < -0.4 is 5.32 Å². The number of aromatic amines is 1. The van der Waals surface area contributed by atoms with Gasteiger partial charge in [-0.3, -0.25) is 4.79 Å². The van der Waals surface area contributed by atoms with E-state index >= 15 is 0 Å². The van der Waals surface area contributed by atoms with Gasteiger partial charge in [0.15, 0.2) is 9.84 Å². The molecule has 0 spiro atoms. The summed E-state index contributed by atoms with van der Waals surface area (Å²) in [5.74, 6) is -0.494. The number of nitrogens with one attached hydrogen (secondary N) is 2. The first-order chi connectivity index (χ1) is 7.07. The van der Waals surface area contributed by atoms with Crippen molar-refractivity contribution in [3.8, 4) is 0 Å². The van der Waals surface area contributed by atoms with Crippen molar-refractivity contribution in [2.75, 3.05) is 11.5 Å². The Morgan fingerprint density at radius 3 is 2.87 bits per heavy atom. The van der Waals surface area contributed by atoms with Gasteiger partial charge in [-0.2, -0.15) is 5.21 Å². The van der Waals surface area contributed by atoms with Crippen LogP contribution in [0.2, 0.25) is 0 Å². The molecule has 9 heteroatoms. The Kier molecular flexibility index (Phi) is 2.39. The fourth-order valence-corrected chi connectivity index (χ4v) is 3.09. The molecular weight excluding hydrogens is 222 g/mol. The van der Waals surface area contributed by atoms with Gasteiger partial charge in [-0.25, -0.2) is 8.42 Å². The molecule has 2 N–H and O–H groups in total. The van der Waals surface area contributed by atoms with E-state index in [1.807, 2.05) is 0 Å². The summed E-state index contributed by atoms with van der Waals surface area (Å²) >= 11 is 0. The lowest BCUT2D eigenvalue weighted by Gasteiger charge is -2.07. The summed E-state index contributed by atoms with van der Waals surface area (Å²) in [7, 11) is -2.99. The van der Waals surface area contributed by atoms with Crippen LogP contribution in [0.15, 0.2) is 0 Å². The molecule has 0 radical (unpaired) electrons. The molecular formula is C6H9N5O3S. The molecule has 0 aromatic carbocycles. The van der Waals surface area contributed by atoms with Crippen molar-refractivity contribution in [2.24, 2.45) is 0 Å². The molecule has 1 saturated heterocycles. The number of hydrogen-bond donors (Lipinski definition) is 2. The van der Waals surface area contributed by atoms with Crippen molar-refractivity contribution in [1.29, 1.82) is 0 Å². The summed E-state index contributed by atoms with van der Waals surface area (Å²) in [5.41, 5.74) is 0. The first-order valence-corrected chi connectivity index (χ1v) is 6.14. The van der Waals surface area contributed by atoms with Gasteiger partial charge in [0.25, 0.3) is 11.7 Å². The van der Waals surface area contributed by atoms with Gasteiger partial charge in [0.05, 0.1) is 11.5 Å². The molecule has 2 rings (SSSR count).